The zero-order valence-corrected chi connectivity index (χ0v) is 15.1. The minimum absolute atomic E-state index is 0.0535. The van der Waals surface area contributed by atoms with E-state index in [9.17, 15) is 13.2 Å². The zero-order chi connectivity index (χ0) is 18.5. The molecule has 2 aromatic rings. The standard InChI is InChI=1S/C18H18N4O3S/c1-11-17-15(13-4-2-12(9-19)3-5-13)8-16(23)20-18(17)22(21-11)14-6-7-26(24,25)10-14/h2-5,14-15H,6-8,10H2,1H3,(H,20,23)/t14-,15+/m1/s1. The fourth-order valence-corrected chi connectivity index (χ4v) is 5.57. The van der Waals surface area contributed by atoms with E-state index in [2.05, 4.69) is 16.5 Å². The van der Waals surface area contributed by atoms with Gasteiger partial charge in [-0.2, -0.15) is 10.4 Å². The lowest BCUT2D eigenvalue weighted by Gasteiger charge is -2.25. The Labute approximate surface area is 151 Å². The highest BCUT2D eigenvalue weighted by atomic mass is 32.2. The summed E-state index contributed by atoms with van der Waals surface area (Å²) in [5.74, 6) is 0.540. The molecule has 1 aromatic carbocycles. The van der Waals surface area contributed by atoms with Gasteiger partial charge in [-0.3, -0.25) is 4.79 Å². The number of aromatic nitrogens is 2. The highest BCUT2D eigenvalue weighted by Gasteiger charge is 2.37. The van der Waals surface area contributed by atoms with E-state index in [1.807, 2.05) is 19.1 Å². The Balaban J connectivity index is 1.78. The van der Waals surface area contributed by atoms with E-state index in [1.54, 1.807) is 16.8 Å². The van der Waals surface area contributed by atoms with Crippen molar-refractivity contribution in [1.29, 1.82) is 5.26 Å². The maximum atomic E-state index is 12.3. The van der Waals surface area contributed by atoms with E-state index >= 15 is 0 Å². The average Bonchev–Trinajstić information content (AvgIpc) is 3.13. The third kappa shape index (κ3) is 2.78. The second-order valence-electron chi connectivity index (χ2n) is 6.89. The fraction of sp³-hybridized carbons (Fsp3) is 0.389. The number of anilines is 1. The molecule has 7 nitrogen and oxygen atoms in total. The van der Waals surface area contributed by atoms with Crippen LogP contribution in [0.5, 0.6) is 0 Å². The minimum Gasteiger partial charge on any atom is -0.311 e. The summed E-state index contributed by atoms with van der Waals surface area (Å²) in [5.41, 5.74) is 3.23. The van der Waals surface area contributed by atoms with Crippen LogP contribution in [-0.4, -0.2) is 35.6 Å². The van der Waals surface area contributed by atoms with Crippen LogP contribution >= 0.6 is 0 Å². The molecular weight excluding hydrogens is 352 g/mol. The van der Waals surface area contributed by atoms with Crippen LogP contribution in [0.25, 0.3) is 0 Å². The summed E-state index contributed by atoms with van der Waals surface area (Å²) in [5, 5.41) is 16.4. The Morgan fingerprint density at radius 2 is 2.04 bits per heavy atom. The van der Waals surface area contributed by atoms with Gasteiger partial charge in [0, 0.05) is 17.9 Å². The molecule has 0 aliphatic carbocycles. The summed E-state index contributed by atoms with van der Waals surface area (Å²) < 4.78 is 25.4. The SMILES string of the molecule is Cc1nn([C@@H]2CCS(=O)(=O)C2)c2c1[C@H](c1ccc(C#N)cc1)CC(=O)N2. The van der Waals surface area contributed by atoms with Crippen molar-refractivity contribution in [3.05, 3.63) is 46.6 Å². The van der Waals surface area contributed by atoms with Gasteiger partial charge in [-0.15, -0.1) is 0 Å². The van der Waals surface area contributed by atoms with Gasteiger partial charge in [-0.1, -0.05) is 12.1 Å². The predicted octanol–water partition coefficient (Wildman–Crippen LogP) is 1.90. The number of aryl methyl sites for hydroxylation is 1. The fourth-order valence-electron chi connectivity index (χ4n) is 3.88. The van der Waals surface area contributed by atoms with Crippen molar-refractivity contribution in [2.45, 2.75) is 31.7 Å². The molecule has 0 bridgehead atoms. The van der Waals surface area contributed by atoms with Crippen molar-refractivity contribution in [3.63, 3.8) is 0 Å². The second-order valence-corrected chi connectivity index (χ2v) is 9.12. The molecule has 0 saturated carbocycles. The first-order valence-electron chi connectivity index (χ1n) is 8.47. The Kier molecular flexibility index (Phi) is 3.84. The van der Waals surface area contributed by atoms with Crippen molar-refractivity contribution < 1.29 is 13.2 Å². The Morgan fingerprint density at radius 1 is 1.31 bits per heavy atom. The second kappa shape index (κ2) is 5.95. The van der Waals surface area contributed by atoms with Gasteiger partial charge in [0.1, 0.15) is 5.82 Å². The smallest absolute Gasteiger partial charge is 0.226 e. The van der Waals surface area contributed by atoms with Crippen LogP contribution in [0, 0.1) is 18.3 Å². The monoisotopic (exact) mass is 370 g/mol. The Hall–Kier alpha value is -2.66. The molecule has 1 aromatic heterocycles. The maximum Gasteiger partial charge on any atom is 0.226 e. The summed E-state index contributed by atoms with van der Waals surface area (Å²) >= 11 is 0. The molecule has 134 valence electrons. The first-order chi connectivity index (χ1) is 12.4. The van der Waals surface area contributed by atoms with Crippen LogP contribution in [-0.2, 0) is 14.6 Å². The van der Waals surface area contributed by atoms with E-state index in [4.69, 9.17) is 5.26 Å². The van der Waals surface area contributed by atoms with Crippen molar-refractivity contribution in [1.82, 2.24) is 9.78 Å². The lowest BCUT2D eigenvalue weighted by molar-refractivity contribution is -0.116. The highest BCUT2D eigenvalue weighted by Crippen LogP contribution is 2.41. The van der Waals surface area contributed by atoms with Crippen molar-refractivity contribution in [2.75, 3.05) is 16.8 Å². The van der Waals surface area contributed by atoms with Crippen molar-refractivity contribution in [2.24, 2.45) is 0 Å². The van der Waals surface area contributed by atoms with Gasteiger partial charge in [0.25, 0.3) is 0 Å². The van der Waals surface area contributed by atoms with E-state index in [0.717, 1.165) is 16.8 Å². The number of nitriles is 1. The topological polar surface area (TPSA) is 105 Å². The summed E-state index contributed by atoms with van der Waals surface area (Å²) in [4.78, 5) is 12.3. The number of amides is 1. The number of fused-ring (bicyclic) bond motifs is 1. The quantitative estimate of drug-likeness (QED) is 0.869. The van der Waals surface area contributed by atoms with Crippen LogP contribution in [0.2, 0.25) is 0 Å². The molecule has 3 heterocycles. The van der Waals surface area contributed by atoms with Gasteiger partial charge >= 0.3 is 0 Å². The van der Waals surface area contributed by atoms with Crippen LogP contribution < -0.4 is 5.32 Å². The number of hydrogen-bond acceptors (Lipinski definition) is 5. The number of sulfone groups is 1. The lowest BCUT2D eigenvalue weighted by Crippen LogP contribution is -2.26. The third-order valence-corrected chi connectivity index (χ3v) is 6.87. The molecule has 2 aliphatic heterocycles. The first kappa shape index (κ1) is 16.8. The van der Waals surface area contributed by atoms with Crippen LogP contribution in [0.15, 0.2) is 24.3 Å². The first-order valence-corrected chi connectivity index (χ1v) is 10.3. The van der Waals surface area contributed by atoms with Crippen LogP contribution in [0.4, 0.5) is 5.82 Å². The third-order valence-electron chi connectivity index (χ3n) is 5.12. The summed E-state index contributed by atoms with van der Waals surface area (Å²) in [7, 11) is -3.05. The number of rotatable bonds is 2. The van der Waals surface area contributed by atoms with Crippen LogP contribution in [0.1, 0.15) is 47.2 Å². The number of hydrogen-bond donors (Lipinski definition) is 1. The minimum atomic E-state index is -3.05. The number of carbonyl (C=O) groups excluding carboxylic acids is 1. The molecule has 0 unspecified atom stereocenters. The number of nitrogens with one attached hydrogen (secondary N) is 1. The Bertz CT molecular complexity index is 1030. The van der Waals surface area contributed by atoms with Gasteiger partial charge in [-0.05, 0) is 31.0 Å². The molecule has 2 atom stereocenters. The van der Waals surface area contributed by atoms with Gasteiger partial charge in [-0.25, -0.2) is 13.1 Å². The molecular formula is C18H18N4O3S. The lowest BCUT2D eigenvalue weighted by atomic mass is 9.85. The number of benzene rings is 1. The summed E-state index contributed by atoms with van der Waals surface area (Å²) in [6, 6.07) is 9.05. The van der Waals surface area contributed by atoms with E-state index in [-0.39, 0.29) is 29.4 Å². The van der Waals surface area contributed by atoms with Crippen molar-refractivity contribution >= 4 is 21.6 Å². The van der Waals surface area contributed by atoms with E-state index in [0.29, 0.717) is 24.2 Å². The van der Waals surface area contributed by atoms with Gasteiger partial charge < -0.3 is 5.32 Å². The molecule has 1 N–H and O–H groups in total. The van der Waals surface area contributed by atoms with Gasteiger partial charge in [0.05, 0.1) is 34.9 Å². The van der Waals surface area contributed by atoms with E-state index in [1.165, 1.54) is 0 Å². The molecule has 8 heteroatoms. The predicted molar refractivity (Wildman–Crippen MR) is 95.5 cm³/mol. The summed E-state index contributed by atoms with van der Waals surface area (Å²) in [6.45, 7) is 1.88. The molecule has 2 aliphatic rings. The molecule has 4 rings (SSSR count). The molecule has 1 fully saturated rings. The zero-order valence-electron chi connectivity index (χ0n) is 14.3. The van der Waals surface area contributed by atoms with Gasteiger partial charge in [0.15, 0.2) is 9.84 Å². The molecule has 1 saturated heterocycles. The largest absolute Gasteiger partial charge is 0.311 e. The molecule has 26 heavy (non-hydrogen) atoms. The maximum absolute atomic E-state index is 12.3. The van der Waals surface area contributed by atoms with Crippen molar-refractivity contribution in [3.8, 4) is 6.07 Å². The Morgan fingerprint density at radius 3 is 2.65 bits per heavy atom. The molecule has 1 amide bonds. The average molecular weight is 370 g/mol. The number of nitrogens with zero attached hydrogens (tertiary/aromatic N) is 3. The van der Waals surface area contributed by atoms with E-state index < -0.39 is 9.84 Å². The molecule has 0 radical (unpaired) electrons. The normalized spacial score (nSPS) is 23.9. The highest BCUT2D eigenvalue weighted by molar-refractivity contribution is 7.91. The molecule has 0 spiro atoms. The summed E-state index contributed by atoms with van der Waals surface area (Å²) in [6.07, 6.45) is 0.807. The van der Waals surface area contributed by atoms with Crippen LogP contribution in [0.3, 0.4) is 0 Å². The van der Waals surface area contributed by atoms with Gasteiger partial charge in [0.2, 0.25) is 5.91 Å². The number of carbonyl (C=O) groups is 1.